The molecule has 3 unspecified atom stereocenters. The first-order valence-corrected chi connectivity index (χ1v) is 11.3. The zero-order valence-corrected chi connectivity index (χ0v) is 20.8. The number of ether oxygens (including phenoxy) is 1. The Kier molecular flexibility index (Phi) is 9.22. The zero-order chi connectivity index (χ0) is 20.1. The van der Waals surface area contributed by atoms with Crippen LogP contribution < -0.4 is 5.32 Å². The summed E-state index contributed by atoms with van der Waals surface area (Å²) in [6.07, 6.45) is 4.11. The van der Waals surface area contributed by atoms with Gasteiger partial charge in [0, 0.05) is 52.4 Å². The lowest BCUT2D eigenvalue weighted by Crippen LogP contribution is -2.57. The molecule has 3 aliphatic rings. The molecule has 1 aromatic carbocycles. The SMILES string of the molecule is CN=C(NCC1CN(C)CCO1)N1CCC2C(CCCN2Cc2ccccc2)C1.I. The molecule has 3 aliphatic heterocycles. The lowest BCUT2D eigenvalue weighted by atomic mass is 9.83. The highest BCUT2D eigenvalue weighted by Gasteiger charge is 2.36. The average molecular weight is 527 g/mol. The first kappa shape index (κ1) is 23.8. The smallest absolute Gasteiger partial charge is 0.193 e. The zero-order valence-electron chi connectivity index (χ0n) is 18.5. The monoisotopic (exact) mass is 527 g/mol. The van der Waals surface area contributed by atoms with Crippen LogP contribution in [0, 0.1) is 5.92 Å². The summed E-state index contributed by atoms with van der Waals surface area (Å²) in [5, 5.41) is 3.59. The van der Waals surface area contributed by atoms with E-state index in [1.165, 1.54) is 31.4 Å². The number of fused-ring (bicyclic) bond motifs is 1. The third-order valence-electron chi connectivity index (χ3n) is 6.75. The van der Waals surface area contributed by atoms with Crippen LogP contribution in [0.3, 0.4) is 0 Å². The Morgan fingerprint density at radius 1 is 1.13 bits per heavy atom. The van der Waals surface area contributed by atoms with Gasteiger partial charge in [0.15, 0.2) is 5.96 Å². The van der Waals surface area contributed by atoms with Crippen molar-refractivity contribution < 1.29 is 4.74 Å². The van der Waals surface area contributed by atoms with E-state index in [0.29, 0.717) is 6.04 Å². The number of nitrogens with zero attached hydrogens (tertiary/aromatic N) is 4. The van der Waals surface area contributed by atoms with Gasteiger partial charge < -0.3 is 19.9 Å². The molecule has 4 rings (SSSR count). The van der Waals surface area contributed by atoms with Crippen molar-refractivity contribution in [3.63, 3.8) is 0 Å². The van der Waals surface area contributed by atoms with E-state index >= 15 is 0 Å². The number of likely N-dealkylation sites (tertiary alicyclic amines) is 2. The minimum Gasteiger partial charge on any atom is -0.374 e. The summed E-state index contributed by atoms with van der Waals surface area (Å²) in [4.78, 5) is 12.1. The van der Waals surface area contributed by atoms with Crippen molar-refractivity contribution in [3.05, 3.63) is 35.9 Å². The molecule has 3 saturated heterocycles. The molecule has 3 fully saturated rings. The standard InChI is InChI=1S/C23H37N5O.HI/c1-24-23(25-15-21-18-26(2)13-14-29-21)28-12-10-22-20(17-28)9-6-11-27(22)16-19-7-4-3-5-8-19;/h3-5,7-8,20-22H,6,9-18H2,1-2H3,(H,24,25);1H. The molecule has 0 aromatic heterocycles. The van der Waals surface area contributed by atoms with Gasteiger partial charge in [-0.1, -0.05) is 30.3 Å². The molecule has 3 atom stereocenters. The number of likely N-dealkylation sites (N-methyl/N-ethyl adjacent to an activating group) is 1. The van der Waals surface area contributed by atoms with E-state index in [-0.39, 0.29) is 30.1 Å². The molecule has 6 nitrogen and oxygen atoms in total. The van der Waals surface area contributed by atoms with Gasteiger partial charge in [-0.25, -0.2) is 0 Å². The summed E-state index contributed by atoms with van der Waals surface area (Å²) >= 11 is 0. The Morgan fingerprint density at radius 3 is 2.73 bits per heavy atom. The fraction of sp³-hybridized carbons (Fsp3) is 0.696. The maximum Gasteiger partial charge on any atom is 0.193 e. The molecule has 3 heterocycles. The van der Waals surface area contributed by atoms with Crippen molar-refractivity contribution in [3.8, 4) is 0 Å². The van der Waals surface area contributed by atoms with Crippen molar-refractivity contribution in [2.45, 2.75) is 38.0 Å². The van der Waals surface area contributed by atoms with Crippen molar-refractivity contribution in [2.24, 2.45) is 10.9 Å². The van der Waals surface area contributed by atoms with Crippen LogP contribution in [0.15, 0.2) is 35.3 Å². The largest absolute Gasteiger partial charge is 0.374 e. The van der Waals surface area contributed by atoms with Crippen molar-refractivity contribution in [2.75, 3.05) is 60.0 Å². The molecule has 0 bridgehead atoms. The van der Waals surface area contributed by atoms with Gasteiger partial charge in [-0.15, -0.1) is 24.0 Å². The number of hydrogen-bond donors (Lipinski definition) is 1. The van der Waals surface area contributed by atoms with Gasteiger partial charge in [0.2, 0.25) is 0 Å². The second-order valence-corrected chi connectivity index (χ2v) is 8.84. The fourth-order valence-corrected chi connectivity index (χ4v) is 5.24. The first-order valence-electron chi connectivity index (χ1n) is 11.3. The summed E-state index contributed by atoms with van der Waals surface area (Å²) in [5.74, 6) is 1.78. The Hall–Kier alpha value is -0.900. The summed E-state index contributed by atoms with van der Waals surface area (Å²) in [7, 11) is 4.07. The molecule has 0 aliphatic carbocycles. The van der Waals surface area contributed by atoms with Gasteiger partial charge in [0.05, 0.1) is 12.7 Å². The highest BCUT2D eigenvalue weighted by molar-refractivity contribution is 14.0. The number of hydrogen-bond acceptors (Lipinski definition) is 4. The van der Waals surface area contributed by atoms with Crippen molar-refractivity contribution in [1.82, 2.24) is 20.0 Å². The second kappa shape index (κ2) is 11.6. The Morgan fingerprint density at radius 2 is 1.97 bits per heavy atom. The molecule has 168 valence electrons. The number of piperidine rings is 2. The van der Waals surface area contributed by atoms with Crippen LogP contribution in [-0.4, -0.2) is 92.8 Å². The van der Waals surface area contributed by atoms with Crippen LogP contribution >= 0.6 is 24.0 Å². The first-order chi connectivity index (χ1) is 14.2. The lowest BCUT2D eigenvalue weighted by Gasteiger charge is -2.48. The van der Waals surface area contributed by atoms with E-state index in [0.717, 1.165) is 57.8 Å². The molecule has 30 heavy (non-hydrogen) atoms. The second-order valence-electron chi connectivity index (χ2n) is 8.84. The number of benzene rings is 1. The molecule has 1 N–H and O–H groups in total. The normalized spacial score (nSPS) is 28.5. The average Bonchev–Trinajstić information content (AvgIpc) is 2.75. The topological polar surface area (TPSA) is 43.3 Å². The fourth-order valence-electron chi connectivity index (χ4n) is 5.24. The van der Waals surface area contributed by atoms with Crippen molar-refractivity contribution >= 4 is 29.9 Å². The maximum atomic E-state index is 5.90. The third kappa shape index (κ3) is 6.08. The van der Waals surface area contributed by atoms with E-state index < -0.39 is 0 Å². The number of rotatable bonds is 4. The van der Waals surface area contributed by atoms with E-state index in [1.54, 1.807) is 0 Å². The third-order valence-corrected chi connectivity index (χ3v) is 6.75. The molecule has 1 aromatic rings. The van der Waals surface area contributed by atoms with Gasteiger partial charge in [-0.05, 0) is 44.3 Å². The Bertz CT molecular complexity index is 673. The van der Waals surface area contributed by atoms with Crippen LogP contribution in [0.1, 0.15) is 24.8 Å². The number of halogens is 1. The number of guanidine groups is 1. The van der Waals surface area contributed by atoms with Crippen molar-refractivity contribution in [1.29, 1.82) is 0 Å². The Labute approximate surface area is 199 Å². The van der Waals surface area contributed by atoms with E-state index in [2.05, 4.69) is 62.4 Å². The van der Waals surface area contributed by atoms with Crippen LogP contribution in [0.5, 0.6) is 0 Å². The van der Waals surface area contributed by atoms with Gasteiger partial charge in [0.25, 0.3) is 0 Å². The van der Waals surface area contributed by atoms with Crippen LogP contribution in [0.25, 0.3) is 0 Å². The number of aliphatic imine (C=N–C) groups is 1. The van der Waals surface area contributed by atoms with Gasteiger partial charge in [0.1, 0.15) is 0 Å². The summed E-state index contributed by atoms with van der Waals surface area (Å²) < 4.78 is 5.90. The molecular formula is C23H38IN5O. The number of morpholine rings is 1. The van der Waals surface area contributed by atoms with E-state index in [1.807, 2.05) is 7.05 Å². The van der Waals surface area contributed by atoms with Gasteiger partial charge in [-0.3, -0.25) is 9.89 Å². The molecule has 0 radical (unpaired) electrons. The molecule has 0 spiro atoms. The quantitative estimate of drug-likeness (QED) is 0.371. The Balaban J connectivity index is 0.00000256. The number of nitrogens with one attached hydrogen (secondary N) is 1. The summed E-state index contributed by atoms with van der Waals surface area (Å²) in [6, 6.07) is 11.6. The highest BCUT2D eigenvalue weighted by atomic mass is 127. The van der Waals surface area contributed by atoms with Crippen LogP contribution in [0.4, 0.5) is 0 Å². The van der Waals surface area contributed by atoms with Gasteiger partial charge >= 0.3 is 0 Å². The maximum absolute atomic E-state index is 5.90. The van der Waals surface area contributed by atoms with Crippen LogP contribution in [0.2, 0.25) is 0 Å². The highest BCUT2D eigenvalue weighted by Crippen LogP contribution is 2.31. The molecule has 7 heteroatoms. The summed E-state index contributed by atoms with van der Waals surface area (Å²) in [5.41, 5.74) is 1.44. The molecular weight excluding hydrogens is 489 g/mol. The minimum atomic E-state index is 0. The lowest BCUT2D eigenvalue weighted by molar-refractivity contribution is -0.0167. The van der Waals surface area contributed by atoms with Crippen LogP contribution in [-0.2, 0) is 11.3 Å². The van der Waals surface area contributed by atoms with Gasteiger partial charge in [-0.2, -0.15) is 0 Å². The predicted molar refractivity (Wildman–Crippen MR) is 134 cm³/mol. The van der Waals surface area contributed by atoms with E-state index in [9.17, 15) is 0 Å². The molecule has 0 amide bonds. The summed E-state index contributed by atoms with van der Waals surface area (Å²) in [6.45, 7) is 8.19. The predicted octanol–water partition coefficient (Wildman–Crippen LogP) is 2.50. The molecule has 0 saturated carbocycles. The van der Waals surface area contributed by atoms with E-state index in [4.69, 9.17) is 4.74 Å². The minimum absolute atomic E-state index is 0.